The van der Waals surface area contributed by atoms with E-state index in [1.807, 2.05) is 9.80 Å². The molecule has 2 saturated heterocycles. The SMILES string of the molecule is Cc1ccc(C)c(CC(=O)N2CCC3(CCC(=O)N(C[C@@H](C)O)C3)CC2)c1. The molecule has 2 aliphatic heterocycles. The number of amides is 2. The van der Waals surface area contributed by atoms with Crippen LogP contribution in [0.2, 0.25) is 0 Å². The Labute approximate surface area is 162 Å². The number of nitrogens with zero attached hydrogens (tertiary/aromatic N) is 2. The first-order chi connectivity index (χ1) is 12.8. The molecule has 3 rings (SSSR count). The van der Waals surface area contributed by atoms with Crippen LogP contribution >= 0.6 is 0 Å². The van der Waals surface area contributed by atoms with Crippen LogP contribution in [0.15, 0.2) is 18.2 Å². The van der Waals surface area contributed by atoms with Crippen LogP contribution in [0.25, 0.3) is 0 Å². The molecule has 2 heterocycles. The summed E-state index contributed by atoms with van der Waals surface area (Å²) < 4.78 is 0. The molecule has 0 radical (unpaired) electrons. The monoisotopic (exact) mass is 372 g/mol. The molecule has 1 aromatic rings. The molecule has 2 aliphatic rings. The van der Waals surface area contributed by atoms with Gasteiger partial charge in [-0.2, -0.15) is 0 Å². The standard InChI is InChI=1S/C22H32N2O3/c1-16-4-5-17(2)19(12-16)13-21(27)23-10-8-22(9-11-23)7-6-20(26)24(15-22)14-18(3)25/h4-5,12,18,25H,6-11,13-15H2,1-3H3/t18-/m1/s1. The van der Waals surface area contributed by atoms with Gasteiger partial charge in [0.2, 0.25) is 11.8 Å². The van der Waals surface area contributed by atoms with Gasteiger partial charge >= 0.3 is 0 Å². The topological polar surface area (TPSA) is 60.9 Å². The van der Waals surface area contributed by atoms with Crippen LogP contribution in [-0.4, -0.2) is 59.0 Å². The summed E-state index contributed by atoms with van der Waals surface area (Å²) in [5.74, 6) is 0.348. The number of carbonyl (C=O) groups is 2. The molecule has 1 aromatic carbocycles. The highest BCUT2D eigenvalue weighted by atomic mass is 16.3. The lowest BCUT2D eigenvalue weighted by Gasteiger charge is -2.47. The average Bonchev–Trinajstić information content (AvgIpc) is 2.62. The van der Waals surface area contributed by atoms with E-state index in [0.29, 0.717) is 19.4 Å². The van der Waals surface area contributed by atoms with E-state index in [-0.39, 0.29) is 17.2 Å². The van der Waals surface area contributed by atoms with Gasteiger partial charge in [-0.1, -0.05) is 23.8 Å². The van der Waals surface area contributed by atoms with Gasteiger partial charge in [0.15, 0.2) is 0 Å². The molecule has 2 amide bonds. The number of aliphatic hydroxyl groups excluding tert-OH is 1. The zero-order valence-electron chi connectivity index (χ0n) is 16.8. The maximum Gasteiger partial charge on any atom is 0.227 e. The Balaban J connectivity index is 1.58. The predicted octanol–water partition coefficient (Wildman–Crippen LogP) is 2.46. The van der Waals surface area contributed by atoms with Gasteiger partial charge in [0.05, 0.1) is 12.5 Å². The lowest BCUT2D eigenvalue weighted by atomic mass is 9.72. The Bertz CT molecular complexity index is 706. The van der Waals surface area contributed by atoms with Crippen LogP contribution in [-0.2, 0) is 16.0 Å². The van der Waals surface area contributed by atoms with E-state index in [1.165, 1.54) is 11.1 Å². The lowest BCUT2D eigenvalue weighted by molar-refractivity contribution is -0.143. The minimum absolute atomic E-state index is 0.110. The van der Waals surface area contributed by atoms with Crippen molar-refractivity contribution in [2.75, 3.05) is 26.2 Å². The van der Waals surface area contributed by atoms with Crippen LogP contribution in [0.5, 0.6) is 0 Å². The third-order valence-corrected chi connectivity index (χ3v) is 6.26. The summed E-state index contributed by atoms with van der Waals surface area (Å²) in [4.78, 5) is 28.7. The second-order valence-corrected chi connectivity index (χ2v) is 8.61. The Kier molecular flexibility index (Phi) is 5.89. The number of β-amino-alcohol motifs (C(OH)–C–C–N with tert-alkyl or cyclic N) is 1. The molecular formula is C22H32N2O3. The smallest absolute Gasteiger partial charge is 0.227 e. The molecule has 5 nitrogen and oxygen atoms in total. The second-order valence-electron chi connectivity index (χ2n) is 8.61. The van der Waals surface area contributed by atoms with Crippen LogP contribution < -0.4 is 0 Å². The molecule has 0 bridgehead atoms. The van der Waals surface area contributed by atoms with Crippen molar-refractivity contribution in [2.24, 2.45) is 5.41 Å². The maximum atomic E-state index is 12.8. The van der Waals surface area contributed by atoms with Gasteiger partial charge in [-0.25, -0.2) is 0 Å². The molecule has 0 unspecified atom stereocenters. The number of hydrogen-bond donors (Lipinski definition) is 1. The zero-order valence-corrected chi connectivity index (χ0v) is 16.8. The normalized spacial score (nSPS) is 20.8. The zero-order chi connectivity index (χ0) is 19.6. The predicted molar refractivity (Wildman–Crippen MR) is 105 cm³/mol. The van der Waals surface area contributed by atoms with E-state index in [1.54, 1.807) is 6.92 Å². The van der Waals surface area contributed by atoms with Crippen molar-refractivity contribution in [1.29, 1.82) is 0 Å². The molecule has 0 aromatic heterocycles. The minimum atomic E-state index is -0.497. The number of likely N-dealkylation sites (tertiary alicyclic amines) is 2. The maximum absolute atomic E-state index is 12.8. The molecule has 5 heteroatoms. The summed E-state index contributed by atoms with van der Waals surface area (Å²) >= 11 is 0. The summed E-state index contributed by atoms with van der Waals surface area (Å²) in [7, 11) is 0. The van der Waals surface area contributed by atoms with E-state index in [0.717, 1.165) is 44.5 Å². The first-order valence-corrected chi connectivity index (χ1v) is 10.1. The van der Waals surface area contributed by atoms with E-state index >= 15 is 0 Å². The van der Waals surface area contributed by atoms with E-state index < -0.39 is 6.10 Å². The molecule has 0 saturated carbocycles. The largest absolute Gasteiger partial charge is 0.392 e. The Morgan fingerprint density at radius 2 is 1.93 bits per heavy atom. The summed E-state index contributed by atoms with van der Waals surface area (Å²) in [5, 5.41) is 9.66. The average molecular weight is 373 g/mol. The van der Waals surface area contributed by atoms with Crippen molar-refractivity contribution in [1.82, 2.24) is 9.80 Å². The summed E-state index contributed by atoms with van der Waals surface area (Å²) in [6.07, 6.45) is 3.31. The number of carbonyl (C=O) groups excluding carboxylic acids is 2. The van der Waals surface area contributed by atoms with Crippen LogP contribution in [0.3, 0.4) is 0 Å². The lowest BCUT2D eigenvalue weighted by Crippen LogP contribution is -2.53. The van der Waals surface area contributed by atoms with Gasteiger partial charge < -0.3 is 14.9 Å². The van der Waals surface area contributed by atoms with Crippen LogP contribution in [0, 0.1) is 19.3 Å². The number of piperidine rings is 2. The molecule has 0 aliphatic carbocycles. The second kappa shape index (κ2) is 8.01. The molecule has 1 N–H and O–H groups in total. The molecule has 1 spiro atoms. The summed E-state index contributed by atoms with van der Waals surface area (Å²) in [6, 6.07) is 6.27. The van der Waals surface area contributed by atoms with Gasteiger partial charge in [-0.3, -0.25) is 9.59 Å². The Hall–Kier alpha value is -1.88. The van der Waals surface area contributed by atoms with Gasteiger partial charge in [-0.15, -0.1) is 0 Å². The van der Waals surface area contributed by atoms with Crippen LogP contribution in [0.1, 0.15) is 49.3 Å². The molecular weight excluding hydrogens is 340 g/mol. The molecule has 148 valence electrons. The fourth-order valence-corrected chi connectivity index (χ4v) is 4.49. The van der Waals surface area contributed by atoms with Crippen molar-refractivity contribution in [3.63, 3.8) is 0 Å². The highest BCUT2D eigenvalue weighted by Gasteiger charge is 2.41. The summed E-state index contributed by atoms with van der Waals surface area (Å²) in [5.41, 5.74) is 3.58. The van der Waals surface area contributed by atoms with Crippen molar-refractivity contribution >= 4 is 11.8 Å². The van der Waals surface area contributed by atoms with Gasteiger partial charge in [0.1, 0.15) is 0 Å². The third-order valence-electron chi connectivity index (χ3n) is 6.26. The van der Waals surface area contributed by atoms with Gasteiger partial charge in [0, 0.05) is 32.6 Å². The fourth-order valence-electron chi connectivity index (χ4n) is 4.49. The van der Waals surface area contributed by atoms with E-state index in [2.05, 4.69) is 32.0 Å². The number of hydrogen-bond acceptors (Lipinski definition) is 3. The van der Waals surface area contributed by atoms with Gasteiger partial charge in [-0.05, 0) is 56.6 Å². The quantitative estimate of drug-likeness (QED) is 0.883. The Morgan fingerprint density at radius 1 is 1.22 bits per heavy atom. The first-order valence-electron chi connectivity index (χ1n) is 10.1. The number of aryl methyl sites for hydroxylation is 2. The highest BCUT2D eigenvalue weighted by Crippen LogP contribution is 2.40. The number of aliphatic hydroxyl groups is 1. The first kappa shape index (κ1) is 19.9. The van der Waals surface area contributed by atoms with Crippen LogP contribution in [0.4, 0.5) is 0 Å². The van der Waals surface area contributed by atoms with Gasteiger partial charge in [0.25, 0.3) is 0 Å². The van der Waals surface area contributed by atoms with E-state index in [4.69, 9.17) is 0 Å². The molecule has 1 atom stereocenters. The number of benzene rings is 1. The highest BCUT2D eigenvalue weighted by molar-refractivity contribution is 5.79. The van der Waals surface area contributed by atoms with Crippen molar-refractivity contribution in [3.8, 4) is 0 Å². The van der Waals surface area contributed by atoms with Crippen molar-refractivity contribution in [3.05, 3.63) is 34.9 Å². The number of rotatable bonds is 4. The molecule has 27 heavy (non-hydrogen) atoms. The Morgan fingerprint density at radius 3 is 2.59 bits per heavy atom. The van der Waals surface area contributed by atoms with Crippen molar-refractivity contribution < 1.29 is 14.7 Å². The van der Waals surface area contributed by atoms with Crippen molar-refractivity contribution in [2.45, 2.75) is 59.0 Å². The fraction of sp³-hybridized carbons (Fsp3) is 0.636. The minimum Gasteiger partial charge on any atom is -0.392 e. The van der Waals surface area contributed by atoms with E-state index in [9.17, 15) is 14.7 Å². The third kappa shape index (κ3) is 4.70. The summed E-state index contributed by atoms with van der Waals surface area (Å²) in [6.45, 7) is 8.50. The molecule has 2 fully saturated rings.